The standard InChI is InChI=1S/C21H26F3N7O4/c1-13(32)18-16(12-28-29-19(18)34)25-5-2-8-35-30-17(33)9-14-3-6-31(7-4-14)20-26-10-15(11-27-20)21(22,23)24/h10-12,14H,2-9H2,1H3,(H,30,33)(H2,25,29,34). The van der Waals surface area contributed by atoms with Gasteiger partial charge in [0.25, 0.3) is 5.56 Å². The van der Waals surface area contributed by atoms with Gasteiger partial charge in [-0.2, -0.15) is 18.3 Å². The molecule has 1 aliphatic heterocycles. The molecule has 0 radical (unpaired) electrons. The van der Waals surface area contributed by atoms with E-state index in [1.54, 1.807) is 4.90 Å². The maximum Gasteiger partial charge on any atom is 0.419 e. The summed E-state index contributed by atoms with van der Waals surface area (Å²) in [6, 6.07) is 0. The minimum absolute atomic E-state index is 0.00477. The summed E-state index contributed by atoms with van der Waals surface area (Å²) in [5.41, 5.74) is 1.28. The van der Waals surface area contributed by atoms with E-state index < -0.39 is 17.3 Å². The third-order valence-electron chi connectivity index (χ3n) is 5.47. The Morgan fingerprint density at radius 1 is 1.20 bits per heavy atom. The highest BCUT2D eigenvalue weighted by atomic mass is 19.4. The average Bonchev–Trinajstić information content (AvgIpc) is 2.81. The summed E-state index contributed by atoms with van der Waals surface area (Å²) in [5.74, 6) is -0.291. The van der Waals surface area contributed by atoms with Crippen molar-refractivity contribution in [3.05, 3.63) is 40.1 Å². The fraction of sp³-hybridized carbons (Fsp3) is 0.524. The van der Waals surface area contributed by atoms with Crippen LogP contribution < -0.4 is 21.3 Å². The van der Waals surface area contributed by atoms with E-state index >= 15 is 0 Å². The Kier molecular flexibility index (Phi) is 8.73. The lowest BCUT2D eigenvalue weighted by Gasteiger charge is -2.31. The number of halogens is 3. The predicted molar refractivity (Wildman–Crippen MR) is 119 cm³/mol. The number of rotatable bonds is 10. The zero-order valence-corrected chi connectivity index (χ0v) is 19.0. The Morgan fingerprint density at radius 2 is 1.89 bits per heavy atom. The lowest BCUT2D eigenvalue weighted by atomic mass is 9.93. The molecule has 35 heavy (non-hydrogen) atoms. The summed E-state index contributed by atoms with van der Waals surface area (Å²) in [6.07, 6.45) is 0.526. The number of Topliss-reactive ketones (excluding diaryl/α,β-unsaturated/α-hetero) is 1. The third kappa shape index (κ3) is 7.47. The van der Waals surface area contributed by atoms with Gasteiger partial charge in [0.15, 0.2) is 5.78 Å². The molecular formula is C21H26F3N7O4. The number of H-pyrrole nitrogens is 1. The Balaban J connectivity index is 1.31. The molecule has 3 rings (SSSR count). The summed E-state index contributed by atoms with van der Waals surface area (Å²) in [6.45, 7) is 2.98. The van der Waals surface area contributed by atoms with Crippen LogP contribution in [0.3, 0.4) is 0 Å². The van der Waals surface area contributed by atoms with Crippen molar-refractivity contribution in [1.82, 2.24) is 25.6 Å². The van der Waals surface area contributed by atoms with Crippen molar-refractivity contribution in [2.75, 3.05) is 36.5 Å². The molecule has 0 spiro atoms. The van der Waals surface area contributed by atoms with Crippen LogP contribution in [0.25, 0.3) is 0 Å². The summed E-state index contributed by atoms with van der Waals surface area (Å²) < 4.78 is 37.9. The van der Waals surface area contributed by atoms with Crippen LogP contribution in [0.2, 0.25) is 0 Å². The Hall–Kier alpha value is -3.55. The Bertz CT molecular complexity index is 1070. The van der Waals surface area contributed by atoms with Crippen molar-refractivity contribution in [3.63, 3.8) is 0 Å². The van der Waals surface area contributed by atoms with E-state index in [0.717, 1.165) is 12.4 Å². The van der Waals surface area contributed by atoms with Crippen LogP contribution in [0.1, 0.15) is 48.5 Å². The highest BCUT2D eigenvalue weighted by Gasteiger charge is 2.32. The van der Waals surface area contributed by atoms with Gasteiger partial charge in [-0.15, -0.1) is 0 Å². The zero-order chi connectivity index (χ0) is 25.4. The molecule has 0 unspecified atom stereocenters. The number of anilines is 2. The summed E-state index contributed by atoms with van der Waals surface area (Å²) in [4.78, 5) is 50.0. The number of alkyl halides is 3. The van der Waals surface area contributed by atoms with E-state index in [2.05, 4.69) is 31.0 Å². The average molecular weight is 497 g/mol. The van der Waals surface area contributed by atoms with E-state index in [1.807, 2.05) is 0 Å². The number of amides is 1. The Morgan fingerprint density at radius 3 is 2.51 bits per heavy atom. The van der Waals surface area contributed by atoms with Gasteiger partial charge in [-0.3, -0.25) is 19.2 Å². The number of ketones is 1. The number of carbonyl (C=O) groups excluding carboxylic acids is 2. The first kappa shape index (κ1) is 26.1. The number of hydrogen-bond acceptors (Lipinski definition) is 9. The van der Waals surface area contributed by atoms with Gasteiger partial charge in [0.05, 0.1) is 24.1 Å². The molecule has 3 N–H and O–H groups in total. The maximum atomic E-state index is 12.6. The van der Waals surface area contributed by atoms with Gasteiger partial charge in [0.1, 0.15) is 5.56 Å². The molecule has 1 aliphatic rings. The van der Waals surface area contributed by atoms with Gasteiger partial charge in [-0.25, -0.2) is 20.5 Å². The second kappa shape index (κ2) is 11.7. The van der Waals surface area contributed by atoms with E-state index in [4.69, 9.17) is 4.84 Å². The molecule has 2 aromatic rings. The van der Waals surface area contributed by atoms with Crippen LogP contribution in [0, 0.1) is 5.92 Å². The molecule has 1 saturated heterocycles. The molecule has 0 aromatic carbocycles. The van der Waals surface area contributed by atoms with Gasteiger partial charge in [0.2, 0.25) is 11.9 Å². The summed E-state index contributed by atoms with van der Waals surface area (Å²) >= 11 is 0. The van der Waals surface area contributed by atoms with Crippen molar-refractivity contribution in [2.45, 2.75) is 38.8 Å². The van der Waals surface area contributed by atoms with Gasteiger partial charge in [-0.05, 0) is 32.1 Å². The smallest absolute Gasteiger partial charge is 0.383 e. The predicted octanol–water partition coefficient (Wildman–Crippen LogP) is 1.94. The highest BCUT2D eigenvalue weighted by molar-refractivity contribution is 5.98. The molecule has 0 aliphatic carbocycles. The van der Waals surface area contributed by atoms with Crippen molar-refractivity contribution >= 4 is 23.3 Å². The van der Waals surface area contributed by atoms with E-state index in [1.165, 1.54) is 13.1 Å². The fourth-order valence-corrected chi connectivity index (χ4v) is 3.65. The van der Waals surface area contributed by atoms with Crippen LogP contribution >= 0.6 is 0 Å². The zero-order valence-electron chi connectivity index (χ0n) is 19.0. The molecule has 1 amide bonds. The largest absolute Gasteiger partial charge is 0.419 e. The second-order valence-corrected chi connectivity index (χ2v) is 8.10. The second-order valence-electron chi connectivity index (χ2n) is 8.10. The van der Waals surface area contributed by atoms with Crippen LogP contribution in [0.4, 0.5) is 24.8 Å². The molecule has 11 nitrogen and oxygen atoms in total. The number of hydroxylamine groups is 1. The van der Waals surface area contributed by atoms with Gasteiger partial charge < -0.3 is 10.2 Å². The number of piperidine rings is 1. The molecule has 0 saturated carbocycles. The lowest BCUT2D eigenvalue weighted by Crippen LogP contribution is -2.37. The van der Waals surface area contributed by atoms with Crippen molar-refractivity contribution in [2.24, 2.45) is 5.92 Å². The Labute approximate surface area is 198 Å². The van der Waals surface area contributed by atoms with Gasteiger partial charge in [-0.1, -0.05) is 0 Å². The van der Waals surface area contributed by atoms with Crippen molar-refractivity contribution in [1.29, 1.82) is 0 Å². The normalized spacial score (nSPS) is 14.6. The molecule has 1 fully saturated rings. The molecule has 190 valence electrons. The number of aromatic nitrogens is 4. The number of aromatic amines is 1. The molecule has 2 aromatic heterocycles. The molecular weight excluding hydrogens is 471 g/mol. The van der Waals surface area contributed by atoms with Crippen LogP contribution in [-0.4, -0.2) is 58.1 Å². The summed E-state index contributed by atoms with van der Waals surface area (Å²) in [5, 5.41) is 8.83. The van der Waals surface area contributed by atoms with Crippen LogP contribution in [0.5, 0.6) is 0 Å². The quantitative estimate of drug-likeness (QED) is 0.255. The number of hydrogen-bond donors (Lipinski definition) is 3. The van der Waals surface area contributed by atoms with Crippen molar-refractivity contribution in [3.8, 4) is 0 Å². The van der Waals surface area contributed by atoms with Crippen LogP contribution in [-0.2, 0) is 15.8 Å². The number of nitrogens with one attached hydrogen (secondary N) is 3. The first-order chi connectivity index (χ1) is 16.6. The van der Waals surface area contributed by atoms with Gasteiger partial charge in [0, 0.05) is 38.4 Å². The summed E-state index contributed by atoms with van der Waals surface area (Å²) in [7, 11) is 0. The molecule has 0 atom stereocenters. The third-order valence-corrected chi connectivity index (χ3v) is 5.47. The SMILES string of the molecule is CC(=O)c1c(NCCCONC(=O)CC2CCN(c3ncc(C(F)(F)F)cn3)CC2)cn[nH]c1=O. The fourth-order valence-electron chi connectivity index (χ4n) is 3.65. The van der Waals surface area contributed by atoms with E-state index in [-0.39, 0.29) is 42.1 Å². The number of carbonyl (C=O) groups is 2. The minimum atomic E-state index is -4.48. The highest BCUT2D eigenvalue weighted by Crippen LogP contribution is 2.29. The monoisotopic (exact) mass is 497 g/mol. The van der Waals surface area contributed by atoms with Gasteiger partial charge >= 0.3 is 6.18 Å². The molecule has 14 heteroatoms. The van der Waals surface area contributed by atoms with E-state index in [0.29, 0.717) is 44.6 Å². The first-order valence-corrected chi connectivity index (χ1v) is 11.0. The van der Waals surface area contributed by atoms with E-state index in [9.17, 15) is 27.6 Å². The first-order valence-electron chi connectivity index (χ1n) is 11.0. The number of nitrogens with zero attached hydrogens (tertiary/aromatic N) is 4. The lowest BCUT2D eigenvalue weighted by molar-refractivity contribution is -0.138. The maximum absolute atomic E-state index is 12.6. The van der Waals surface area contributed by atoms with Crippen molar-refractivity contribution < 1.29 is 27.6 Å². The molecule has 3 heterocycles. The van der Waals surface area contributed by atoms with Crippen LogP contribution in [0.15, 0.2) is 23.4 Å². The topological polar surface area (TPSA) is 142 Å². The minimum Gasteiger partial charge on any atom is -0.383 e. The molecule has 0 bridgehead atoms.